The molecule has 2 rings (SSSR count). The summed E-state index contributed by atoms with van der Waals surface area (Å²) >= 11 is 0. The Kier molecular flexibility index (Phi) is 6.13. The zero-order chi connectivity index (χ0) is 17.5. The molecule has 4 heteroatoms. The van der Waals surface area contributed by atoms with Crippen molar-refractivity contribution in [3.8, 4) is 0 Å². The Hall–Kier alpha value is -2.62. The van der Waals surface area contributed by atoms with Crippen molar-refractivity contribution < 1.29 is 14.7 Å². The van der Waals surface area contributed by atoms with Crippen LogP contribution in [0.25, 0.3) is 0 Å². The number of nitrogens with zero attached hydrogens (tertiary/aromatic N) is 1. The molecular formula is C20H23NO3. The van der Waals surface area contributed by atoms with Gasteiger partial charge in [-0.05, 0) is 30.0 Å². The maximum atomic E-state index is 12.4. The Labute approximate surface area is 142 Å². The van der Waals surface area contributed by atoms with E-state index in [9.17, 15) is 14.7 Å². The van der Waals surface area contributed by atoms with Gasteiger partial charge in [-0.15, -0.1) is 0 Å². The van der Waals surface area contributed by atoms with Gasteiger partial charge in [0.1, 0.15) is 6.04 Å². The zero-order valence-electron chi connectivity index (χ0n) is 14.1. The maximum absolute atomic E-state index is 12.4. The summed E-state index contributed by atoms with van der Waals surface area (Å²) < 4.78 is 0. The predicted octanol–water partition coefficient (Wildman–Crippen LogP) is 3.08. The summed E-state index contributed by atoms with van der Waals surface area (Å²) in [5.41, 5.74) is 3.17. The molecule has 0 saturated heterocycles. The molecule has 0 aliphatic heterocycles. The summed E-state index contributed by atoms with van der Waals surface area (Å²) in [4.78, 5) is 25.4. The number of amides is 1. The fourth-order valence-electron chi connectivity index (χ4n) is 2.71. The highest BCUT2D eigenvalue weighted by atomic mass is 16.4. The van der Waals surface area contributed by atoms with Crippen LogP contribution in [-0.2, 0) is 22.4 Å². The fourth-order valence-corrected chi connectivity index (χ4v) is 2.71. The van der Waals surface area contributed by atoms with Crippen LogP contribution in [0.2, 0.25) is 0 Å². The van der Waals surface area contributed by atoms with Gasteiger partial charge in [0.2, 0.25) is 5.91 Å². The number of carboxylic acid groups (broad SMARTS) is 1. The number of hydrogen-bond acceptors (Lipinski definition) is 2. The second kappa shape index (κ2) is 8.29. The third kappa shape index (κ3) is 4.69. The molecule has 2 aromatic rings. The van der Waals surface area contributed by atoms with Crippen molar-refractivity contribution in [1.29, 1.82) is 0 Å². The van der Waals surface area contributed by atoms with Crippen molar-refractivity contribution in [2.45, 2.75) is 32.2 Å². The van der Waals surface area contributed by atoms with Crippen LogP contribution in [-0.4, -0.2) is 35.0 Å². The Balaban J connectivity index is 2.01. The number of aliphatic carboxylic acids is 1. The minimum Gasteiger partial charge on any atom is -0.480 e. The molecule has 0 heterocycles. The molecule has 0 saturated carbocycles. The average Bonchev–Trinajstić information content (AvgIpc) is 2.58. The molecule has 24 heavy (non-hydrogen) atoms. The number of carboxylic acids is 1. The number of benzene rings is 2. The minimum absolute atomic E-state index is 0.151. The Morgan fingerprint density at radius 3 is 2.29 bits per heavy atom. The fraction of sp³-hybridized carbons (Fsp3) is 0.300. The van der Waals surface area contributed by atoms with Gasteiger partial charge in [0.25, 0.3) is 0 Å². The third-order valence-corrected chi connectivity index (χ3v) is 4.29. The first-order valence-corrected chi connectivity index (χ1v) is 8.06. The van der Waals surface area contributed by atoms with Gasteiger partial charge in [-0.3, -0.25) is 4.79 Å². The van der Waals surface area contributed by atoms with Gasteiger partial charge in [-0.1, -0.05) is 54.6 Å². The quantitative estimate of drug-likeness (QED) is 0.851. The molecule has 1 amide bonds. The molecule has 0 aliphatic rings. The Morgan fingerprint density at radius 2 is 1.67 bits per heavy atom. The average molecular weight is 325 g/mol. The van der Waals surface area contributed by atoms with Gasteiger partial charge in [0.05, 0.1) is 0 Å². The molecule has 1 N–H and O–H groups in total. The first kappa shape index (κ1) is 17.7. The van der Waals surface area contributed by atoms with Gasteiger partial charge in [0.15, 0.2) is 0 Å². The molecule has 4 nitrogen and oxygen atoms in total. The van der Waals surface area contributed by atoms with E-state index in [-0.39, 0.29) is 5.91 Å². The van der Waals surface area contributed by atoms with E-state index >= 15 is 0 Å². The van der Waals surface area contributed by atoms with Crippen LogP contribution in [0.15, 0.2) is 54.6 Å². The molecule has 0 bridgehead atoms. The molecule has 0 fully saturated rings. The summed E-state index contributed by atoms with van der Waals surface area (Å²) in [7, 11) is 1.57. The lowest BCUT2D eigenvalue weighted by Gasteiger charge is -2.25. The summed E-state index contributed by atoms with van der Waals surface area (Å²) in [6, 6.07) is 16.5. The van der Waals surface area contributed by atoms with Crippen molar-refractivity contribution >= 4 is 11.9 Å². The van der Waals surface area contributed by atoms with E-state index in [0.717, 1.165) is 16.7 Å². The van der Waals surface area contributed by atoms with Crippen LogP contribution in [0.3, 0.4) is 0 Å². The van der Waals surface area contributed by atoms with Crippen molar-refractivity contribution in [3.63, 3.8) is 0 Å². The van der Waals surface area contributed by atoms with E-state index in [1.54, 1.807) is 7.05 Å². The van der Waals surface area contributed by atoms with Gasteiger partial charge in [-0.25, -0.2) is 4.79 Å². The Morgan fingerprint density at radius 1 is 1.04 bits per heavy atom. The van der Waals surface area contributed by atoms with Crippen molar-refractivity contribution in [1.82, 2.24) is 4.90 Å². The van der Waals surface area contributed by atoms with E-state index in [1.807, 2.05) is 61.5 Å². The second-order valence-corrected chi connectivity index (χ2v) is 5.97. The molecule has 0 aliphatic carbocycles. The second-order valence-electron chi connectivity index (χ2n) is 5.97. The highest BCUT2D eigenvalue weighted by Crippen LogP contribution is 2.13. The summed E-state index contributed by atoms with van der Waals surface area (Å²) in [6.45, 7) is 2.01. The van der Waals surface area contributed by atoms with E-state index in [4.69, 9.17) is 0 Å². The number of carbonyl (C=O) groups excluding carboxylic acids is 1. The largest absolute Gasteiger partial charge is 0.480 e. The molecule has 1 unspecified atom stereocenters. The minimum atomic E-state index is -0.981. The number of hydrogen-bond donors (Lipinski definition) is 1. The number of rotatable bonds is 7. The lowest BCUT2D eigenvalue weighted by atomic mass is 10.0. The topological polar surface area (TPSA) is 57.6 Å². The third-order valence-electron chi connectivity index (χ3n) is 4.29. The molecule has 0 aromatic heterocycles. The molecule has 0 spiro atoms. The van der Waals surface area contributed by atoms with Gasteiger partial charge >= 0.3 is 5.97 Å². The highest BCUT2D eigenvalue weighted by molar-refractivity contribution is 5.83. The van der Waals surface area contributed by atoms with E-state index in [1.165, 1.54) is 4.90 Å². The monoisotopic (exact) mass is 325 g/mol. The lowest BCUT2D eigenvalue weighted by Crippen LogP contribution is -2.43. The van der Waals surface area contributed by atoms with Crippen molar-refractivity contribution in [3.05, 3.63) is 71.3 Å². The molecular weight excluding hydrogens is 302 g/mol. The molecule has 2 aromatic carbocycles. The standard InChI is InChI=1S/C20H23NO3/c1-15-8-6-7-11-17(15)12-13-19(22)21(2)18(20(23)24)14-16-9-4-3-5-10-16/h3-11,18H,12-14H2,1-2H3,(H,23,24). The maximum Gasteiger partial charge on any atom is 0.326 e. The van der Waals surface area contributed by atoms with E-state index < -0.39 is 12.0 Å². The van der Waals surface area contributed by atoms with Crippen LogP contribution in [0.1, 0.15) is 23.1 Å². The van der Waals surface area contributed by atoms with Crippen LogP contribution >= 0.6 is 0 Å². The highest BCUT2D eigenvalue weighted by Gasteiger charge is 2.26. The number of aryl methyl sites for hydroxylation is 2. The number of carbonyl (C=O) groups is 2. The van der Waals surface area contributed by atoms with Crippen molar-refractivity contribution in [2.75, 3.05) is 7.05 Å². The number of likely N-dealkylation sites (N-methyl/N-ethyl adjacent to an activating group) is 1. The summed E-state index contributed by atoms with van der Waals surface area (Å²) in [5, 5.41) is 9.49. The van der Waals surface area contributed by atoms with Crippen LogP contribution in [0.5, 0.6) is 0 Å². The molecule has 0 radical (unpaired) electrons. The van der Waals surface area contributed by atoms with Crippen LogP contribution in [0.4, 0.5) is 0 Å². The van der Waals surface area contributed by atoms with Crippen LogP contribution in [0, 0.1) is 6.92 Å². The van der Waals surface area contributed by atoms with Gasteiger partial charge in [0, 0.05) is 19.9 Å². The Bertz CT molecular complexity index is 697. The molecule has 1 atom stereocenters. The van der Waals surface area contributed by atoms with Crippen LogP contribution < -0.4 is 0 Å². The smallest absolute Gasteiger partial charge is 0.326 e. The summed E-state index contributed by atoms with van der Waals surface area (Å²) in [5.74, 6) is -1.13. The first-order valence-electron chi connectivity index (χ1n) is 8.06. The zero-order valence-corrected chi connectivity index (χ0v) is 14.1. The van der Waals surface area contributed by atoms with Gasteiger partial charge < -0.3 is 10.0 Å². The lowest BCUT2D eigenvalue weighted by molar-refractivity contribution is -0.149. The van der Waals surface area contributed by atoms with Crippen molar-refractivity contribution in [2.24, 2.45) is 0 Å². The summed E-state index contributed by atoms with van der Waals surface area (Å²) in [6.07, 6.45) is 1.23. The van der Waals surface area contributed by atoms with E-state index in [2.05, 4.69) is 0 Å². The van der Waals surface area contributed by atoms with E-state index in [0.29, 0.717) is 19.3 Å². The van der Waals surface area contributed by atoms with Gasteiger partial charge in [-0.2, -0.15) is 0 Å². The molecule has 126 valence electrons. The normalized spacial score (nSPS) is 11.8. The first-order chi connectivity index (χ1) is 11.5. The predicted molar refractivity (Wildman–Crippen MR) is 93.8 cm³/mol. The SMILES string of the molecule is Cc1ccccc1CCC(=O)N(C)C(Cc1ccccc1)C(=O)O.